The minimum atomic E-state index is -3.92. The maximum absolute atomic E-state index is 12.6. The Bertz CT molecular complexity index is 728. The number of piperidine rings is 1. The average molecular weight is 332 g/mol. The van der Waals surface area contributed by atoms with E-state index in [0.717, 1.165) is 12.5 Å². The second kappa shape index (κ2) is 5.68. The topological polar surface area (TPSA) is 97.5 Å². The maximum atomic E-state index is 12.6. The van der Waals surface area contributed by atoms with Crippen LogP contribution in [-0.4, -0.2) is 34.2 Å². The van der Waals surface area contributed by atoms with Crippen molar-refractivity contribution < 1.29 is 16.8 Å². The fourth-order valence-corrected chi connectivity index (χ4v) is 4.64. The molecule has 0 saturated carbocycles. The summed E-state index contributed by atoms with van der Waals surface area (Å²) in [6.45, 7) is 5.03. The quantitative estimate of drug-likeness (QED) is 0.893. The summed E-state index contributed by atoms with van der Waals surface area (Å²) in [4.78, 5) is -0.224. The molecule has 8 heteroatoms. The van der Waals surface area contributed by atoms with Gasteiger partial charge in [0.1, 0.15) is 0 Å². The van der Waals surface area contributed by atoms with Gasteiger partial charge in [0.25, 0.3) is 0 Å². The summed E-state index contributed by atoms with van der Waals surface area (Å²) >= 11 is 0. The number of benzene rings is 1. The highest BCUT2D eigenvalue weighted by Crippen LogP contribution is 2.27. The Morgan fingerprint density at radius 1 is 1.10 bits per heavy atom. The van der Waals surface area contributed by atoms with Gasteiger partial charge in [0.2, 0.25) is 20.0 Å². The van der Waals surface area contributed by atoms with E-state index in [1.807, 2.05) is 6.92 Å². The maximum Gasteiger partial charge on any atom is 0.243 e. The van der Waals surface area contributed by atoms with Crippen molar-refractivity contribution in [1.29, 1.82) is 0 Å². The molecule has 0 aromatic heterocycles. The van der Waals surface area contributed by atoms with Gasteiger partial charge in [0.05, 0.1) is 9.79 Å². The van der Waals surface area contributed by atoms with Crippen LogP contribution in [-0.2, 0) is 20.0 Å². The van der Waals surface area contributed by atoms with Crippen LogP contribution in [0.4, 0.5) is 0 Å². The van der Waals surface area contributed by atoms with Crippen LogP contribution in [0.2, 0.25) is 0 Å². The molecule has 21 heavy (non-hydrogen) atoms. The van der Waals surface area contributed by atoms with E-state index < -0.39 is 20.0 Å². The van der Waals surface area contributed by atoms with Crippen LogP contribution in [0.25, 0.3) is 0 Å². The standard InChI is InChI=1S/C13H20N2O4S2/c1-10-6-7-15(9-11(10)2)21(18,19)13-5-3-4-12(8-13)20(14,16)17/h3-5,8,10-11H,6-7,9H2,1-2H3,(H2,14,16,17). The van der Waals surface area contributed by atoms with Crippen molar-refractivity contribution in [3.63, 3.8) is 0 Å². The molecule has 118 valence electrons. The Kier molecular flexibility index (Phi) is 4.44. The Balaban J connectivity index is 2.37. The summed E-state index contributed by atoms with van der Waals surface area (Å²) in [5.41, 5.74) is 0. The first-order chi connectivity index (χ1) is 9.62. The molecule has 6 nitrogen and oxygen atoms in total. The summed E-state index contributed by atoms with van der Waals surface area (Å²) in [5, 5.41) is 5.05. The Morgan fingerprint density at radius 3 is 2.29 bits per heavy atom. The molecule has 0 aliphatic carbocycles. The minimum Gasteiger partial charge on any atom is -0.225 e. The van der Waals surface area contributed by atoms with Gasteiger partial charge in [-0.2, -0.15) is 4.31 Å². The van der Waals surface area contributed by atoms with Crippen LogP contribution < -0.4 is 5.14 Å². The third-order valence-electron chi connectivity index (χ3n) is 4.07. The van der Waals surface area contributed by atoms with Crippen LogP contribution in [0.3, 0.4) is 0 Å². The monoisotopic (exact) mass is 332 g/mol. The fraction of sp³-hybridized carbons (Fsp3) is 0.538. The molecule has 2 rings (SSSR count). The number of nitrogens with two attached hydrogens (primary N) is 1. The Labute approximate surface area is 126 Å². The van der Waals surface area contributed by atoms with E-state index in [4.69, 9.17) is 5.14 Å². The van der Waals surface area contributed by atoms with Crippen molar-refractivity contribution in [3.05, 3.63) is 24.3 Å². The van der Waals surface area contributed by atoms with Crippen LogP contribution in [0.5, 0.6) is 0 Å². The molecule has 0 amide bonds. The highest BCUT2D eigenvalue weighted by atomic mass is 32.2. The molecule has 2 atom stereocenters. The van der Waals surface area contributed by atoms with E-state index in [9.17, 15) is 16.8 Å². The van der Waals surface area contributed by atoms with Gasteiger partial charge in [0, 0.05) is 13.1 Å². The molecule has 1 fully saturated rings. The molecule has 2 N–H and O–H groups in total. The van der Waals surface area contributed by atoms with Crippen molar-refractivity contribution >= 4 is 20.0 Å². The molecule has 1 aromatic carbocycles. The molecule has 0 spiro atoms. The second-order valence-electron chi connectivity index (χ2n) is 5.63. The first kappa shape index (κ1) is 16.4. The lowest BCUT2D eigenvalue weighted by molar-refractivity contribution is 0.212. The number of rotatable bonds is 3. The Morgan fingerprint density at radius 2 is 1.71 bits per heavy atom. The lowest BCUT2D eigenvalue weighted by Gasteiger charge is -2.34. The normalized spacial score (nSPS) is 24.9. The Hall–Kier alpha value is -0.960. The number of sulfonamides is 2. The van der Waals surface area contributed by atoms with Gasteiger partial charge in [-0.3, -0.25) is 0 Å². The number of hydrogen-bond acceptors (Lipinski definition) is 4. The summed E-state index contributed by atoms with van der Waals surface area (Å²) in [6.07, 6.45) is 0.801. The average Bonchev–Trinajstić information content (AvgIpc) is 2.41. The van der Waals surface area contributed by atoms with E-state index >= 15 is 0 Å². The predicted octanol–water partition coefficient (Wildman–Crippen LogP) is 1.00. The lowest BCUT2D eigenvalue weighted by atomic mass is 9.90. The molecule has 1 heterocycles. The van der Waals surface area contributed by atoms with Crippen molar-refractivity contribution in [3.8, 4) is 0 Å². The SMILES string of the molecule is CC1CCN(S(=O)(=O)c2cccc(S(N)(=O)=O)c2)CC1C. The van der Waals surface area contributed by atoms with E-state index in [1.165, 1.54) is 22.5 Å². The summed E-state index contributed by atoms with van der Waals surface area (Å²) < 4.78 is 49.3. The molecular formula is C13H20N2O4S2. The fourth-order valence-electron chi connectivity index (χ4n) is 2.40. The van der Waals surface area contributed by atoms with Gasteiger partial charge in [0.15, 0.2) is 0 Å². The van der Waals surface area contributed by atoms with Gasteiger partial charge in [-0.15, -0.1) is 0 Å². The van der Waals surface area contributed by atoms with Gasteiger partial charge >= 0.3 is 0 Å². The summed E-state index contributed by atoms with van der Waals surface area (Å²) in [5.74, 6) is 0.752. The van der Waals surface area contributed by atoms with Gasteiger partial charge in [-0.1, -0.05) is 19.9 Å². The van der Waals surface area contributed by atoms with E-state index in [2.05, 4.69) is 6.92 Å². The summed E-state index contributed by atoms with van der Waals surface area (Å²) in [6, 6.07) is 5.19. The van der Waals surface area contributed by atoms with Crippen molar-refractivity contribution in [1.82, 2.24) is 4.31 Å². The smallest absolute Gasteiger partial charge is 0.225 e. The summed E-state index contributed by atoms with van der Waals surface area (Å²) in [7, 11) is -7.61. The highest BCUT2D eigenvalue weighted by molar-refractivity contribution is 7.90. The highest BCUT2D eigenvalue weighted by Gasteiger charge is 2.32. The first-order valence-electron chi connectivity index (χ1n) is 6.75. The molecule has 1 aliphatic rings. The van der Waals surface area contributed by atoms with Gasteiger partial charge in [-0.25, -0.2) is 22.0 Å². The van der Waals surface area contributed by atoms with Crippen molar-refractivity contribution in [2.45, 2.75) is 30.1 Å². The molecule has 1 aliphatic heterocycles. The molecule has 0 radical (unpaired) electrons. The number of nitrogens with zero attached hydrogens (tertiary/aromatic N) is 1. The lowest BCUT2D eigenvalue weighted by Crippen LogP contribution is -2.42. The number of hydrogen-bond donors (Lipinski definition) is 1. The van der Waals surface area contributed by atoms with Crippen LogP contribution in [0, 0.1) is 11.8 Å². The third kappa shape index (κ3) is 3.45. The van der Waals surface area contributed by atoms with Crippen LogP contribution in [0.15, 0.2) is 34.1 Å². The van der Waals surface area contributed by atoms with Crippen molar-refractivity contribution in [2.75, 3.05) is 13.1 Å². The molecule has 1 aromatic rings. The zero-order chi connectivity index (χ0) is 15.8. The minimum absolute atomic E-state index is 0.0317. The zero-order valence-corrected chi connectivity index (χ0v) is 13.7. The molecular weight excluding hydrogens is 312 g/mol. The van der Waals surface area contributed by atoms with Crippen LogP contribution >= 0.6 is 0 Å². The largest absolute Gasteiger partial charge is 0.243 e. The molecule has 1 saturated heterocycles. The molecule has 2 unspecified atom stereocenters. The molecule has 0 bridgehead atoms. The second-order valence-corrected chi connectivity index (χ2v) is 9.13. The number of primary sulfonamides is 1. The third-order valence-corrected chi connectivity index (χ3v) is 6.84. The first-order valence-corrected chi connectivity index (χ1v) is 9.74. The van der Waals surface area contributed by atoms with Gasteiger partial charge < -0.3 is 0 Å². The predicted molar refractivity (Wildman–Crippen MR) is 79.5 cm³/mol. The van der Waals surface area contributed by atoms with E-state index in [1.54, 1.807) is 0 Å². The van der Waals surface area contributed by atoms with Crippen molar-refractivity contribution in [2.24, 2.45) is 17.0 Å². The zero-order valence-electron chi connectivity index (χ0n) is 12.1. The van der Waals surface area contributed by atoms with Gasteiger partial charge in [-0.05, 0) is 36.5 Å². The van der Waals surface area contributed by atoms with E-state index in [-0.39, 0.29) is 15.7 Å². The van der Waals surface area contributed by atoms with Crippen LogP contribution in [0.1, 0.15) is 20.3 Å². The van der Waals surface area contributed by atoms with E-state index in [0.29, 0.717) is 19.0 Å².